The van der Waals surface area contributed by atoms with Gasteiger partial charge in [-0.15, -0.1) is 0 Å². The van der Waals surface area contributed by atoms with Crippen LogP contribution in [0.5, 0.6) is 0 Å². The van der Waals surface area contributed by atoms with Crippen LogP contribution in [0.3, 0.4) is 0 Å². The molecule has 15 heavy (non-hydrogen) atoms. The lowest BCUT2D eigenvalue weighted by atomic mass is 10.1. The second kappa shape index (κ2) is 4.21. The van der Waals surface area contributed by atoms with Crippen molar-refractivity contribution in [3.05, 3.63) is 41.5 Å². The van der Waals surface area contributed by atoms with E-state index >= 15 is 0 Å². The molecule has 4 heteroatoms. The maximum Gasteiger partial charge on any atom is 0.328 e. The summed E-state index contributed by atoms with van der Waals surface area (Å²) >= 11 is 0. The number of carbonyl (C=O) groups is 1. The SMILES string of the molecule is CC(F)(F)c1ccc(/C=C/C(=O)O)cc1. The standard InChI is InChI=1S/C11H10F2O2/c1-11(12,13)9-5-2-8(3-6-9)4-7-10(14)15/h2-7H,1H3,(H,14,15)/b7-4+. The van der Waals surface area contributed by atoms with Gasteiger partial charge in [0.1, 0.15) is 0 Å². The zero-order chi connectivity index (χ0) is 11.5. The highest BCUT2D eigenvalue weighted by Gasteiger charge is 2.23. The van der Waals surface area contributed by atoms with E-state index < -0.39 is 11.9 Å². The average molecular weight is 212 g/mol. The van der Waals surface area contributed by atoms with E-state index in [4.69, 9.17) is 5.11 Å². The van der Waals surface area contributed by atoms with E-state index in [9.17, 15) is 13.6 Å². The quantitative estimate of drug-likeness (QED) is 0.782. The molecule has 0 unspecified atom stereocenters. The molecule has 1 N–H and O–H groups in total. The topological polar surface area (TPSA) is 37.3 Å². The van der Waals surface area contributed by atoms with Crippen molar-refractivity contribution in [3.63, 3.8) is 0 Å². The molecule has 0 aromatic heterocycles. The smallest absolute Gasteiger partial charge is 0.328 e. The number of aliphatic carboxylic acids is 1. The zero-order valence-corrected chi connectivity index (χ0v) is 8.08. The monoisotopic (exact) mass is 212 g/mol. The van der Waals surface area contributed by atoms with Gasteiger partial charge >= 0.3 is 5.97 Å². The van der Waals surface area contributed by atoms with Crippen molar-refractivity contribution >= 4 is 12.0 Å². The van der Waals surface area contributed by atoms with E-state index in [-0.39, 0.29) is 5.56 Å². The Bertz CT molecular complexity index is 375. The van der Waals surface area contributed by atoms with Gasteiger partial charge in [-0.3, -0.25) is 0 Å². The van der Waals surface area contributed by atoms with Crippen LogP contribution in [0.25, 0.3) is 6.08 Å². The first-order valence-corrected chi connectivity index (χ1v) is 4.29. The van der Waals surface area contributed by atoms with Crippen molar-refractivity contribution < 1.29 is 18.7 Å². The minimum Gasteiger partial charge on any atom is -0.478 e. The highest BCUT2D eigenvalue weighted by atomic mass is 19.3. The van der Waals surface area contributed by atoms with Crippen molar-refractivity contribution in [1.82, 2.24) is 0 Å². The maximum absolute atomic E-state index is 12.8. The Morgan fingerprint density at radius 2 is 1.87 bits per heavy atom. The van der Waals surface area contributed by atoms with Crippen LogP contribution in [0, 0.1) is 0 Å². The molecule has 0 amide bonds. The van der Waals surface area contributed by atoms with Crippen LogP contribution in [0.15, 0.2) is 30.3 Å². The van der Waals surface area contributed by atoms with Gasteiger partial charge in [-0.2, -0.15) is 0 Å². The van der Waals surface area contributed by atoms with E-state index in [0.717, 1.165) is 13.0 Å². The van der Waals surface area contributed by atoms with Crippen molar-refractivity contribution in [2.24, 2.45) is 0 Å². The number of hydrogen-bond donors (Lipinski definition) is 1. The molecule has 0 saturated carbocycles. The summed E-state index contributed by atoms with van der Waals surface area (Å²) in [6.45, 7) is 0.815. The van der Waals surface area contributed by atoms with Gasteiger partial charge in [0.05, 0.1) is 0 Å². The number of alkyl halides is 2. The van der Waals surface area contributed by atoms with E-state index in [2.05, 4.69) is 0 Å². The summed E-state index contributed by atoms with van der Waals surface area (Å²) in [7, 11) is 0. The lowest BCUT2D eigenvalue weighted by Crippen LogP contribution is -2.06. The van der Waals surface area contributed by atoms with Crippen molar-refractivity contribution in [2.75, 3.05) is 0 Å². The van der Waals surface area contributed by atoms with Gasteiger partial charge in [-0.1, -0.05) is 24.3 Å². The summed E-state index contributed by atoms with van der Waals surface area (Å²) in [5, 5.41) is 8.35. The molecule has 2 nitrogen and oxygen atoms in total. The maximum atomic E-state index is 12.8. The molecular weight excluding hydrogens is 202 g/mol. The third-order valence-electron chi connectivity index (χ3n) is 1.84. The van der Waals surface area contributed by atoms with Gasteiger partial charge in [-0.25, -0.2) is 13.6 Å². The molecule has 1 rings (SSSR count). The van der Waals surface area contributed by atoms with Crippen molar-refractivity contribution in [3.8, 4) is 0 Å². The van der Waals surface area contributed by atoms with Crippen LogP contribution >= 0.6 is 0 Å². The number of hydrogen-bond acceptors (Lipinski definition) is 1. The molecule has 0 saturated heterocycles. The molecular formula is C11H10F2O2. The lowest BCUT2D eigenvalue weighted by molar-refractivity contribution is -0.131. The van der Waals surface area contributed by atoms with Gasteiger partial charge < -0.3 is 5.11 Å². The van der Waals surface area contributed by atoms with Crippen LogP contribution in [0.1, 0.15) is 18.1 Å². The third kappa shape index (κ3) is 3.50. The molecule has 0 radical (unpaired) electrons. The second-order valence-corrected chi connectivity index (χ2v) is 3.18. The van der Waals surface area contributed by atoms with Crippen LogP contribution < -0.4 is 0 Å². The van der Waals surface area contributed by atoms with Gasteiger partial charge in [-0.05, 0) is 11.6 Å². The van der Waals surface area contributed by atoms with Crippen molar-refractivity contribution in [2.45, 2.75) is 12.8 Å². The Balaban J connectivity index is 2.86. The fourth-order valence-corrected chi connectivity index (χ4v) is 1.05. The molecule has 0 bridgehead atoms. The first kappa shape index (κ1) is 11.4. The molecule has 0 aliphatic carbocycles. The molecule has 0 aliphatic rings. The molecule has 0 heterocycles. The van der Waals surface area contributed by atoms with E-state index in [1.54, 1.807) is 0 Å². The van der Waals surface area contributed by atoms with Crippen LogP contribution in [0.2, 0.25) is 0 Å². The molecule has 80 valence electrons. The largest absolute Gasteiger partial charge is 0.478 e. The van der Waals surface area contributed by atoms with Gasteiger partial charge in [0.2, 0.25) is 0 Å². The molecule has 1 aromatic carbocycles. The summed E-state index contributed by atoms with van der Waals surface area (Å²) in [6, 6.07) is 5.46. The fourth-order valence-electron chi connectivity index (χ4n) is 1.05. The third-order valence-corrected chi connectivity index (χ3v) is 1.84. The Kier molecular flexibility index (Phi) is 3.19. The molecule has 0 aliphatic heterocycles. The molecule has 0 atom stereocenters. The van der Waals surface area contributed by atoms with Crippen LogP contribution in [-0.4, -0.2) is 11.1 Å². The highest BCUT2D eigenvalue weighted by Crippen LogP contribution is 2.26. The van der Waals surface area contributed by atoms with E-state index in [1.165, 1.54) is 30.3 Å². The Labute approximate surface area is 85.9 Å². The minimum atomic E-state index is -2.87. The zero-order valence-electron chi connectivity index (χ0n) is 8.08. The Morgan fingerprint density at radius 3 is 2.27 bits per heavy atom. The fraction of sp³-hybridized carbons (Fsp3) is 0.182. The van der Waals surface area contributed by atoms with Crippen molar-refractivity contribution in [1.29, 1.82) is 0 Å². The summed E-state index contributed by atoms with van der Waals surface area (Å²) in [5.74, 6) is -3.94. The Morgan fingerprint density at radius 1 is 1.33 bits per heavy atom. The number of carboxylic acids is 1. The van der Waals surface area contributed by atoms with Crippen LogP contribution in [-0.2, 0) is 10.7 Å². The summed E-state index contributed by atoms with van der Waals surface area (Å²) in [5.41, 5.74) is 0.486. The summed E-state index contributed by atoms with van der Waals surface area (Å²) in [4.78, 5) is 10.2. The lowest BCUT2D eigenvalue weighted by Gasteiger charge is -2.09. The number of rotatable bonds is 3. The second-order valence-electron chi connectivity index (χ2n) is 3.18. The number of benzene rings is 1. The highest BCUT2D eigenvalue weighted by molar-refractivity contribution is 5.85. The predicted molar refractivity (Wildman–Crippen MR) is 52.7 cm³/mol. The average Bonchev–Trinajstić information content (AvgIpc) is 2.14. The van der Waals surface area contributed by atoms with E-state index in [0.29, 0.717) is 5.56 Å². The van der Waals surface area contributed by atoms with Gasteiger partial charge in [0.25, 0.3) is 5.92 Å². The van der Waals surface area contributed by atoms with E-state index in [1.807, 2.05) is 0 Å². The molecule has 0 spiro atoms. The summed E-state index contributed by atoms with van der Waals surface area (Å²) < 4.78 is 25.6. The normalized spacial score (nSPS) is 11.9. The van der Waals surface area contributed by atoms with Gasteiger partial charge in [0.15, 0.2) is 0 Å². The van der Waals surface area contributed by atoms with Crippen LogP contribution in [0.4, 0.5) is 8.78 Å². The first-order chi connectivity index (χ1) is 6.89. The summed E-state index contributed by atoms with van der Waals surface area (Å²) in [6.07, 6.45) is 2.30. The first-order valence-electron chi connectivity index (χ1n) is 4.29. The molecule has 1 aromatic rings. The molecule has 0 fully saturated rings. The Hall–Kier alpha value is -1.71. The number of halogens is 2. The predicted octanol–water partition coefficient (Wildman–Crippen LogP) is 2.90. The van der Waals surface area contributed by atoms with Gasteiger partial charge in [0, 0.05) is 18.6 Å². The minimum absolute atomic E-state index is 0.0880. The number of carboxylic acid groups (broad SMARTS) is 1.